The zero-order valence-corrected chi connectivity index (χ0v) is 73.7. The van der Waals surface area contributed by atoms with E-state index in [-0.39, 0.29) is 25.7 Å². The number of carbonyl (C=O) groups is 4. The largest absolute Gasteiger partial charge is 0.472 e. The first-order valence-corrected chi connectivity index (χ1v) is 49.5. The molecule has 0 spiro atoms. The van der Waals surface area contributed by atoms with E-state index in [1.165, 1.54) is 302 Å². The molecule has 0 amide bonds. The topological polar surface area (TPSA) is 237 Å². The Hall–Kier alpha value is -1.94. The molecular weight excluding hydrogens is 1410 g/mol. The molecule has 2 unspecified atom stereocenters. The van der Waals surface area contributed by atoms with Gasteiger partial charge < -0.3 is 33.8 Å². The van der Waals surface area contributed by atoms with Crippen LogP contribution in [-0.2, 0) is 65.4 Å². The lowest BCUT2D eigenvalue weighted by molar-refractivity contribution is -0.161. The molecule has 0 saturated heterocycles. The van der Waals surface area contributed by atoms with Gasteiger partial charge in [-0.15, -0.1) is 0 Å². The number of aliphatic hydroxyl groups is 1. The quantitative estimate of drug-likeness (QED) is 0.0222. The van der Waals surface area contributed by atoms with Crippen LogP contribution in [0.4, 0.5) is 0 Å². The van der Waals surface area contributed by atoms with E-state index >= 15 is 0 Å². The van der Waals surface area contributed by atoms with Crippen LogP contribution >= 0.6 is 15.6 Å². The maximum Gasteiger partial charge on any atom is 0.472 e. The minimum absolute atomic E-state index is 0.107. The van der Waals surface area contributed by atoms with Crippen molar-refractivity contribution in [3.63, 3.8) is 0 Å². The van der Waals surface area contributed by atoms with Crippen molar-refractivity contribution in [2.24, 2.45) is 11.8 Å². The number of ether oxygens (including phenoxy) is 4. The molecule has 0 aromatic heterocycles. The van der Waals surface area contributed by atoms with Crippen molar-refractivity contribution in [3.8, 4) is 0 Å². The van der Waals surface area contributed by atoms with Gasteiger partial charge in [-0.2, -0.15) is 0 Å². The number of rotatable bonds is 89. The molecule has 0 fully saturated rings. The second-order valence-corrected chi connectivity index (χ2v) is 36.2. The van der Waals surface area contributed by atoms with E-state index < -0.39 is 97.5 Å². The van der Waals surface area contributed by atoms with E-state index in [4.69, 9.17) is 37.0 Å². The summed E-state index contributed by atoms with van der Waals surface area (Å²) in [7, 11) is -9.93. The summed E-state index contributed by atoms with van der Waals surface area (Å²) in [4.78, 5) is 73.4. The molecule has 19 heteroatoms. The molecule has 0 radical (unpaired) electrons. The van der Waals surface area contributed by atoms with Gasteiger partial charge in [-0.3, -0.25) is 37.3 Å². The molecule has 5 atom stereocenters. The fourth-order valence-corrected chi connectivity index (χ4v) is 15.7. The molecular formula is C90H176O17P2. The Bertz CT molecular complexity index is 2080. The molecule has 0 aromatic rings. The third-order valence-corrected chi connectivity index (χ3v) is 23.1. The van der Waals surface area contributed by atoms with Crippen LogP contribution in [0.1, 0.15) is 485 Å². The molecule has 0 rings (SSSR count). The van der Waals surface area contributed by atoms with Crippen LogP contribution in [-0.4, -0.2) is 96.7 Å². The molecule has 109 heavy (non-hydrogen) atoms. The van der Waals surface area contributed by atoms with Gasteiger partial charge in [0.2, 0.25) is 0 Å². The van der Waals surface area contributed by atoms with Crippen LogP contribution in [0, 0.1) is 11.8 Å². The van der Waals surface area contributed by atoms with Crippen molar-refractivity contribution in [1.29, 1.82) is 0 Å². The normalized spacial score (nSPS) is 13.8. The number of carbonyl (C=O) groups excluding carboxylic acids is 4. The Morgan fingerprint density at radius 1 is 0.248 bits per heavy atom. The van der Waals surface area contributed by atoms with Gasteiger partial charge >= 0.3 is 39.5 Å². The number of esters is 4. The lowest BCUT2D eigenvalue weighted by atomic mass is 10.0. The predicted molar refractivity (Wildman–Crippen MR) is 451 cm³/mol. The summed E-state index contributed by atoms with van der Waals surface area (Å²) in [5.41, 5.74) is 0. The first-order valence-electron chi connectivity index (χ1n) is 46.5. The lowest BCUT2D eigenvalue weighted by Gasteiger charge is -2.21. The van der Waals surface area contributed by atoms with Crippen LogP contribution in [0.5, 0.6) is 0 Å². The molecule has 0 aromatic carbocycles. The van der Waals surface area contributed by atoms with Gasteiger partial charge in [0.15, 0.2) is 12.2 Å². The third-order valence-electron chi connectivity index (χ3n) is 21.2. The Morgan fingerprint density at radius 2 is 0.422 bits per heavy atom. The van der Waals surface area contributed by atoms with Gasteiger partial charge in [0.1, 0.15) is 19.3 Å². The molecule has 648 valence electrons. The monoisotopic (exact) mass is 1590 g/mol. The first kappa shape index (κ1) is 107. The average molecular weight is 1590 g/mol. The number of hydrogen-bond acceptors (Lipinski definition) is 15. The van der Waals surface area contributed by atoms with Crippen LogP contribution < -0.4 is 0 Å². The predicted octanol–water partition coefficient (Wildman–Crippen LogP) is 27.8. The molecule has 17 nitrogen and oxygen atoms in total. The number of aliphatic hydroxyl groups excluding tert-OH is 1. The second kappa shape index (κ2) is 81.2. The van der Waals surface area contributed by atoms with Crippen molar-refractivity contribution < 1.29 is 80.2 Å². The van der Waals surface area contributed by atoms with Crippen molar-refractivity contribution in [3.05, 3.63) is 0 Å². The molecule has 0 aliphatic carbocycles. The first-order chi connectivity index (χ1) is 52.9. The summed E-state index contributed by atoms with van der Waals surface area (Å²) in [6.45, 7) is 9.68. The highest BCUT2D eigenvalue weighted by atomic mass is 31.2. The summed E-state index contributed by atoms with van der Waals surface area (Å²) in [5.74, 6) is -0.578. The minimum Gasteiger partial charge on any atom is -0.462 e. The Kier molecular flexibility index (Phi) is 79.8. The maximum absolute atomic E-state index is 13.2. The number of phosphoric ester groups is 2. The SMILES string of the molecule is CCCCCCCCCCCCCCCCCCCCCCCCC(=O)O[C@H](COC(=O)CCCCCCCCCCCCCCCCCCCCCC)COP(=O)(O)OC[C@@H](O)COP(=O)(O)OC[C@@H](COC(=O)CCCCCCCCCCCC(C)C)OC(=O)CCCCCCCCCCCCCCC(C)C. The summed E-state index contributed by atoms with van der Waals surface area (Å²) < 4.78 is 69.0. The average Bonchev–Trinajstić information content (AvgIpc) is 0.899. The van der Waals surface area contributed by atoms with E-state index in [0.717, 1.165) is 102 Å². The minimum atomic E-state index is -4.97. The molecule has 0 saturated carbocycles. The van der Waals surface area contributed by atoms with Crippen molar-refractivity contribution in [2.75, 3.05) is 39.6 Å². The van der Waals surface area contributed by atoms with E-state index in [1.807, 2.05) is 0 Å². The van der Waals surface area contributed by atoms with E-state index in [2.05, 4.69) is 41.5 Å². The Balaban J connectivity index is 5.24. The number of unbranched alkanes of at least 4 members (excludes halogenated alkanes) is 59. The molecule has 3 N–H and O–H groups in total. The zero-order chi connectivity index (χ0) is 79.9. The van der Waals surface area contributed by atoms with Crippen molar-refractivity contribution in [1.82, 2.24) is 0 Å². The summed E-state index contributed by atoms with van der Waals surface area (Å²) in [5, 5.41) is 10.7. The van der Waals surface area contributed by atoms with Gasteiger partial charge in [-0.05, 0) is 37.5 Å². The summed E-state index contributed by atoms with van der Waals surface area (Å²) in [6, 6.07) is 0. The molecule has 0 heterocycles. The van der Waals surface area contributed by atoms with E-state index in [0.29, 0.717) is 25.7 Å². The highest BCUT2D eigenvalue weighted by molar-refractivity contribution is 7.47. The number of phosphoric acid groups is 2. The van der Waals surface area contributed by atoms with E-state index in [1.54, 1.807) is 0 Å². The summed E-state index contributed by atoms with van der Waals surface area (Å²) >= 11 is 0. The molecule has 0 bridgehead atoms. The maximum atomic E-state index is 13.2. The van der Waals surface area contributed by atoms with Crippen LogP contribution in [0.3, 0.4) is 0 Å². The van der Waals surface area contributed by atoms with Gasteiger partial charge in [0, 0.05) is 25.7 Å². The van der Waals surface area contributed by atoms with Gasteiger partial charge in [-0.1, -0.05) is 433 Å². The third kappa shape index (κ3) is 83.8. The Morgan fingerprint density at radius 3 is 0.624 bits per heavy atom. The van der Waals surface area contributed by atoms with Gasteiger partial charge in [0.05, 0.1) is 26.4 Å². The van der Waals surface area contributed by atoms with Crippen molar-refractivity contribution in [2.45, 2.75) is 503 Å². The smallest absolute Gasteiger partial charge is 0.462 e. The molecule has 0 aliphatic heterocycles. The van der Waals surface area contributed by atoms with E-state index in [9.17, 15) is 43.2 Å². The van der Waals surface area contributed by atoms with Crippen LogP contribution in [0.25, 0.3) is 0 Å². The Labute approximate surface area is 670 Å². The second-order valence-electron chi connectivity index (χ2n) is 33.3. The molecule has 0 aliphatic rings. The number of hydrogen-bond donors (Lipinski definition) is 3. The fraction of sp³-hybridized carbons (Fsp3) is 0.956. The highest BCUT2D eigenvalue weighted by Gasteiger charge is 2.31. The van der Waals surface area contributed by atoms with Gasteiger partial charge in [0.25, 0.3) is 0 Å². The van der Waals surface area contributed by atoms with Crippen LogP contribution in [0.15, 0.2) is 0 Å². The lowest BCUT2D eigenvalue weighted by Crippen LogP contribution is -2.30. The van der Waals surface area contributed by atoms with Crippen molar-refractivity contribution >= 4 is 39.5 Å². The fourth-order valence-electron chi connectivity index (χ4n) is 14.1. The van der Waals surface area contributed by atoms with Gasteiger partial charge in [-0.25, -0.2) is 9.13 Å². The summed E-state index contributed by atoms with van der Waals surface area (Å²) in [6.07, 6.45) is 75.2. The van der Waals surface area contributed by atoms with Crippen LogP contribution in [0.2, 0.25) is 0 Å². The standard InChI is InChI=1S/C90H176O17P2/c1-7-9-11-13-15-17-19-21-23-25-27-29-30-32-34-36-38-43-49-56-62-68-74-89(94)106-85(78-100-87(92)72-66-60-54-48-42-37-35-33-31-28-26-24-22-20-18-16-14-12-10-8-2)80-104-108(96,97)102-76-84(91)77-103-109(98,99)105-81-86(79-101-88(93)73-67-61-55-51-45-47-53-59-65-71-83(5)6)107-90(95)75-69-63-57-50-44-40-39-41-46-52-58-64-70-82(3)4/h82-86,91H,7-81H2,1-6H3,(H,96,97)(H,98,99)/t84-,85-,86-/m1/s1. The highest BCUT2D eigenvalue weighted by Crippen LogP contribution is 2.45. The zero-order valence-electron chi connectivity index (χ0n) is 71.9.